The molecule has 0 unspecified atom stereocenters. The smallest absolute Gasteiger partial charge is 0.331 e. The van der Waals surface area contributed by atoms with E-state index in [1.165, 1.54) is 6.08 Å². The molecule has 4 heteroatoms. The van der Waals surface area contributed by atoms with E-state index >= 15 is 0 Å². The molecule has 0 atom stereocenters. The number of benzene rings is 1. The SMILES string of the molecule is [C-]#[N+]c1ccc2c(/C=C/C(=O)OC(C)(C)C)c[nH]c2c1. The van der Waals surface area contributed by atoms with Gasteiger partial charge in [0.15, 0.2) is 5.69 Å². The number of fused-ring (bicyclic) bond motifs is 1. The molecule has 1 aromatic carbocycles. The van der Waals surface area contributed by atoms with Gasteiger partial charge in [0, 0.05) is 23.2 Å². The van der Waals surface area contributed by atoms with Crippen LogP contribution >= 0.6 is 0 Å². The van der Waals surface area contributed by atoms with E-state index in [0.29, 0.717) is 5.69 Å². The Labute approximate surface area is 117 Å². The largest absolute Gasteiger partial charge is 0.457 e. The number of carbonyl (C=O) groups excluding carboxylic acids is 1. The quantitative estimate of drug-likeness (QED) is 0.507. The molecular formula is C16H16N2O2. The van der Waals surface area contributed by atoms with Crippen LogP contribution in [0.2, 0.25) is 0 Å². The molecule has 0 saturated heterocycles. The highest BCUT2D eigenvalue weighted by atomic mass is 16.6. The lowest BCUT2D eigenvalue weighted by molar-refractivity contribution is -0.148. The Balaban J connectivity index is 2.22. The van der Waals surface area contributed by atoms with Crippen LogP contribution in [0.1, 0.15) is 26.3 Å². The van der Waals surface area contributed by atoms with E-state index in [1.54, 1.807) is 24.4 Å². The highest BCUT2D eigenvalue weighted by Gasteiger charge is 2.14. The molecule has 0 aliphatic heterocycles. The summed E-state index contributed by atoms with van der Waals surface area (Å²) in [6.45, 7) is 12.5. The molecule has 1 heterocycles. The summed E-state index contributed by atoms with van der Waals surface area (Å²) in [6.07, 6.45) is 4.93. The zero-order valence-electron chi connectivity index (χ0n) is 11.7. The van der Waals surface area contributed by atoms with E-state index in [2.05, 4.69) is 9.83 Å². The van der Waals surface area contributed by atoms with Gasteiger partial charge in [-0.2, -0.15) is 0 Å². The van der Waals surface area contributed by atoms with Crippen LogP contribution in [0.4, 0.5) is 5.69 Å². The number of aromatic amines is 1. The van der Waals surface area contributed by atoms with Gasteiger partial charge in [-0.05, 0) is 38.5 Å². The molecule has 1 aromatic heterocycles. The number of ether oxygens (including phenoxy) is 1. The molecule has 4 nitrogen and oxygen atoms in total. The van der Waals surface area contributed by atoms with E-state index < -0.39 is 5.60 Å². The van der Waals surface area contributed by atoms with Crippen LogP contribution in [-0.4, -0.2) is 16.6 Å². The molecule has 102 valence electrons. The van der Waals surface area contributed by atoms with Gasteiger partial charge in [0.25, 0.3) is 0 Å². The molecule has 20 heavy (non-hydrogen) atoms. The van der Waals surface area contributed by atoms with Crippen LogP contribution in [0.25, 0.3) is 21.8 Å². The van der Waals surface area contributed by atoms with Crippen molar-refractivity contribution < 1.29 is 9.53 Å². The van der Waals surface area contributed by atoms with E-state index in [-0.39, 0.29) is 5.97 Å². The van der Waals surface area contributed by atoms with Gasteiger partial charge in [-0.3, -0.25) is 0 Å². The second kappa shape index (κ2) is 5.22. The second-order valence-electron chi connectivity index (χ2n) is 5.45. The average Bonchev–Trinajstić information content (AvgIpc) is 2.76. The third-order valence-electron chi connectivity index (χ3n) is 2.63. The topological polar surface area (TPSA) is 46.5 Å². The Morgan fingerprint density at radius 1 is 1.40 bits per heavy atom. The van der Waals surface area contributed by atoms with Crippen molar-refractivity contribution in [2.24, 2.45) is 0 Å². The van der Waals surface area contributed by atoms with Gasteiger partial charge >= 0.3 is 5.97 Å². The maximum Gasteiger partial charge on any atom is 0.331 e. The first-order valence-electron chi connectivity index (χ1n) is 6.29. The summed E-state index contributed by atoms with van der Waals surface area (Å²) in [7, 11) is 0. The molecule has 2 rings (SSSR count). The first-order chi connectivity index (χ1) is 9.39. The van der Waals surface area contributed by atoms with Crippen LogP contribution in [0.15, 0.2) is 30.5 Å². The summed E-state index contributed by atoms with van der Waals surface area (Å²) in [6, 6.07) is 5.41. The van der Waals surface area contributed by atoms with Crippen molar-refractivity contribution in [3.8, 4) is 0 Å². The van der Waals surface area contributed by atoms with Crippen molar-refractivity contribution in [3.05, 3.63) is 47.5 Å². The molecule has 0 radical (unpaired) electrons. The molecule has 0 spiro atoms. The average molecular weight is 268 g/mol. The fourth-order valence-corrected chi connectivity index (χ4v) is 1.84. The van der Waals surface area contributed by atoms with Crippen molar-refractivity contribution in [1.29, 1.82) is 0 Å². The van der Waals surface area contributed by atoms with E-state index in [9.17, 15) is 4.79 Å². The molecule has 0 amide bonds. The van der Waals surface area contributed by atoms with Gasteiger partial charge in [-0.1, -0.05) is 12.1 Å². The van der Waals surface area contributed by atoms with Crippen molar-refractivity contribution in [2.75, 3.05) is 0 Å². The number of rotatable bonds is 2. The van der Waals surface area contributed by atoms with Crippen molar-refractivity contribution >= 4 is 28.6 Å². The zero-order valence-corrected chi connectivity index (χ0v) is 11.7. The summed E-state index contributed by atoms with van der Waals surface area (Å²) in [5.74, 6) is -0.371. The molecule has 1 N–H and O–H groups in total. The van der Waals surface area contributed by atoms with Crippen LogP contribution in [0.3, 0.4) is 0 Å². The summed E-state index contributed by atoms with van der Waals surface area (Å²) in [5.41, 5.74) is 1.86. The van der Waals surface area contributed by atoms with Gasteiger partial charge in [0.1, 0.15) is 5.60 Å². The Morgan fingerprint density at radius 3 is 2.80 bits per heavy atom. The van der Waals surface area contributed by atoms with Gasteiger partial charge in [-0.25, -0.2) is 9.64 Å². The Hall–Kier alpha value is -2.54. The van der Waals surface area contributed by atoms with E-state index in [4.69, 9.17) is 11.3 Å². The molecule has 0 saturated carbocycles. The van der Waals surface area contributed by atoms with Crippen molar-refractivity contribution in [3.63, 3.8) is 0 Å². The standard InChI is InChI=1S/C16H16N2O2/c1-16(2,3)20-15(19)8-5-11-10-18-14-9-12(17-4)6-7-13(11)14/h5-10,18H,1-3H3/b8-5+. The second-order valence-corrected chi connectivity index (χ2v) is 5.45. The first-order valence-corrected chi connectivity index (χ1v) is 6.29. The van der Waals surface area contributed by atoms with Crippen LogP contribution in [0, 0.1) is 6.57 Å². The molecular weight excluding hydrogens is 252 g/mol. The minimum atomic E-state index is -0.494. The lowest BCUT2D eigenvalue weighted by Crippen LogP contribution is -2.22. The number of carbonyl (C=O) groups is 1. The normalized spacial score (nSPS) is 11.7. The lowest BCUT2D eigenvalue weighted by Gasteiger charge is -2.17. The Kier molecular flexibility index (Phi) is 3.62. The maximum atomic E-state index is 11.6. The molecule has 0 aliphatic rings. The summed E-state index contributed by atoms with van der Waals surface area (Å²) >= 11 is 0. The third-order valence-corrected chi connectivity index (χ3v) is 2.63. The van der Waals surface area contributed by atoms with Crippen LogP contribution < -0.4 is 0 Å². The summed E-state index contributed by atoms with van der Waals surface area (Å²) in [5, 5.41) is 0.970. The van der Waals surface area contributed by atoms with E-state index in [1.807, 2.05) is 26.8 Å². The fraction of sp³-hybridized carbons (Fsp3) is 0.250. The van der Waals surface area contributed by atoms with Crippen LogP contribution in [-0.2, 0) is 9.53 Å². The number of nitrogens with zero attached hydrogens (tertiary/aromatic N) is 1. The lowest BCUT2D eigenvalue weighted by atomic mass is 10.1. The predicted octanol–water partition coefficient (Wildman–Crippen LogP) is 4.07. The number of hydrogen-bond donors (Lipinski definition) is 1. The van der Waals surface area contributed by atoms with Gasteiger partial charge in [0.05, 0.1) is 6.57 Å². The number of aromatic nitrogens is 1. The molecule has 2 aromatic rings. The number of H-pyrrole nitrogens is 1. The highest BCUT2D eigenvalue weighted by molar-refractivity contribution is 5.95. The first kappa shape index (κ1) is 13.9. The predicted molar refractivity (Wildman–Crippen MR) is 79.4 cm³/mol. The Morgan fingerprint density at radius 2 is 2.15 bits per heavy atom. The minimum absolute atomic E-state index is 0.371. The molecule has 0 fully saturated rings. The molecule has 0 aliphatic carbocycles. The highest BCUT2D eigenvalue weighted by Crippen LogP contribution is 2.24. The van der Waals surface area contributed by atoms with Gasteiger partial charge in [-0.15, -0.1) is 0 Å². The zero-order chi connectivity index (χ0) is 14.8. The van der Waals surface area contributed by atoms with Gasteiger partial charge in [0.2, 0.25) is 0 Å². The summed E-state index contributed by atoms with van der Waals surface area (Å²) in [4.78, 5) is 18.1. The number of hydrogen-bond acceptors (Lipinski definition) is 2. The fourth-order valence-electron chi connectivity index (χ4n) is 1.84. The monoisotopic (exact) mass is 268 g/mol. The maximum absolute atomic E-state index is 11.6. The minimum Gasteiger partial charge on any atom is -0.457 e. The summed E-state index contributed by atoms with van der Waals surface area (Å²) < 4.78 is 5.21. The molecule has 0 bridgehead atoms. The number of esters is 1. The third kappa shape index (κ3) is 3.27. The Bertz CT molecular complexity index is 712. The van der Waals surface area contributed by atoms with E-state index in [0.717, 1.165) is 16.5 Å². The van der Waals surface area contributed by atoms with Gasteiger partial charge < -0.3 is 9.72 Å². The van der Waals surface area contributed by atoms with Crippen molar-refractivity contribution in [1.82, 2.24) is 4.98 Å². The van der Waals surface area contributed by atoms with Crippen molar-refractivity contribution in [2.45, 2.75) is 26.4 Å². The van der Waals surface area contributed by atoms with Crippen LogP contribution in [0.5, 0.6) is 0 Å². The number of nitrogens with one attached hydrogen (secondary N) is 1.